The van der Waals surface area contributed by atoms with Crippen molar-refractivity contribution in [2.45, 2.75) is 6.54 Å². The molecule has 1 N–H and O–H groups in total. The number of carboxylic acid groups (broad SMARTS) is 1. The number of halogens is 1. The Labute approximate surface area is 147 Å². The Bertz CT molecular complexity index is 1090. The zero-order chi connectivity index (χ0) is 18.1. The molecule has 3 aromatic heterocycles. The van der Waals surface area contributed by atoms with E-state index >= 15 is 0 Å². The van der Waals surface area contributed by atoms with Crippen molar-refractivity contribution in [3.8, 4) is 11.3 Å². The van der Waals surface area contributed by atoms with Gasteiger partial charge in [0.05, 0.1) is 35.1 Å². The number of rotatable bonds is 4. The molecule has 26 heavy (non-hydrogen) atoms. The van der Waals surface area contributed by atoms with E-state index in [1.165, 1.54) is 24.4 Å². The van der Waals surface area contributed by atoms with Crippen LogP contribution in [0.4, 0.5) is 4.39 Å². The third-order valence-electron chi connectivity index (χ3n) is 4.02. The SMILES string of the molecule is O=C(O)c1cc(-c2ccc(F)cc2)nc2c1cnn2Cc1ccccn1. The molecular formula is C19H13FN4O2. The molecule has 0 saturated heterocycles. The lowest BCUT2D eigenvalue weighted by molar-refractivity contribution is 0.0699. The van der Waals surface area contributed by atoms with E-state index in [1.807, 2.05) is 18.2 Å². The predicted octanol–water partition coefficient (Wildman–Crippen LogP) is 3.38. The van der Waals surface area contributed by atoms with Gasteiger partial charge in [0.1, 0.15) is 5.82 Å². The van der Waals surface area contributed by atoms with Gasteiger partial charge in [-0.3, -0.25) is 4.98 Å². The Balaban J connectivity index is 1.87. The second-order valence-electron chi connectivity index (χ2n) is 5.73. The molecule has 128 valence electrons. The van der Waals surface area contributed by atoms with Gasteiger partial charge in [-0.2, -0.15) is 5.10 Å². The van der Waals surface area contributed by atoms with Gasteiger partial charge >= 0.3 is 5.97 Å². The Hall–Kier alpha value is -3.61. The van der Waals surface area contributed by atoms with Gasteiger partial charge in [0.15, 0.2) is 5.65 Å². The van der Waals surface area contributed by atoms with Crippen LogP contribution in [-0.4, -0.2) is 30.8 Å². The summed E-state index contributed by atoms with van der Waals surface area (Å²) in [4.78, 5) is 20.5. The van der Waals surface area contributed by atoms with Gasteiger partial charge in [0.2, 0.25) is 0 Å². The van der Waals surface area contributed by atoms with Crippen LogP contribution in [0.5, 0.6) is 0 Å². The standard InChI is InChI=1S/C19H13FN4O2/c20-13-6-4-12(5-7-13)17-9-15(19(25)26)16-10-22-24(18(16)23-17)11-14-3-1-2-8-21-14/h1-10H,11H2,(H,25,26). The second-order valence-corrected chi connectivity index (χ2v) is 5.73. The molecule has 0 aliphatic carbocycles. The molecular weight excluding hydrogens is 335 g/mol. The van der Waals surface area contributed by atoms with Gasteiger partial charge in [0.25, 0.3) is 0 Å². The average Bonchev–Trinajstić information content (AvgIpc) is 3.05. The van der Waals surface area contributed by atoms with E-state index in [2.05, 4.69) is 15.1 Å². The van der Waals surface area contributed by atoms with Crippen LogP contribution >= 0.6 is 0 Å². The summed E-state index contributed by atoms with van der Waals surface area (Å²) in [6.07, 6.45) is 3.17. The quantitative estimate of drug-likeness (QED) is 0.611. The first-order valence-corrected chi connectivity index (χ1v) is 7.87. The molecule has 1 aromatic carbocycles. The van der Waals surface area contributed by atoms with E-state index in [9.17, 15) is 14.3 Å². The lowest BCUT2D eigenvalue weighted by atomic mass is 10.1. The summed E-state index contributed by atoms with van der Waals surface area (Å²) >= 11 is 0. The number of carbonyl (C=O) groups is 1. The van der Waals surface area contributed by atoms with E-state index < -0.39 is 5.97 Å². The maximum Gasteiger partial charge on any atom is 0.336 e. The van der Waals surface area contributed by atoms with Crippen molar-refractivity contribution < 1.29 is 14.3 Å². The van der Waals surface area contributed by atoms with Crippen molar-refractivity contribution in [2.24, 2.45) is 0 Å². The number of fused-ring (bicyclic) bond motifs is 1. The fourth-order valence-electron chi connectivity index (χ4n) is 2.75. The summed E-state index contributed by atoms with van der Waals surface area (Å²) in [6.45, 7) is 0.364. The molecule has 4 rings (SSSR count). The van der Waals surface area contributed by atoms with Gasteiger partial charge in [-0.1, -0.05) is 6.07 Å². The zero-order valence-corrected chi connectivity index (χ0v) is 13.5. The molecule has 0 spiro atoms. The fraction of sp³-hybridized carbons (Fsp3) is 0.0526. The molecule has 0 atom stereocenters. The number of benzene rings is 1. The van der Waals surface area contributed by atoms with E-state index in [-0.39, 0.29) is 11.4 Å². The number of aromatic carboxylic acids is 1. The zero-order valence-electron chi connectivity index (χ0n) is 13.5. The van der Waals surface area contributed by atoms with Crippen molar-refractivity contribution in [1.29, 1.82) is 0 Å². The highest BCUT2D eigenvalue weighted by molar-refractivity contribution is 6.02. The Kier molecular flexibility index (Phi) is 3.89. The fourth-order valence-corrected chi connectivity index (χ4v) is 2.75. The largest absolute Gasteiger partial charge is 0.478 e. The van der Waals surface area contributed by atoms with Gasteiger partial charge in [0, 0.05) is 11.8 Å². The monoisotopic (exact) mass is 348 g/mol. The Morgan fingerprint density at radius 1 is 1.15 bits per heavy atom. The molecule has 3 heterocycles. The third-order valence-corrected chi connectivity index (χ3v) is 4.02. The first-order valence-electron chi connectivity index (χ1n) is 7.87. The van der Waals surface area contributed by atoms with Gasteiger partial charge in [-0.05, 0) is 42.5 Å². The molecule has 0 bridgehead atoms. The molecule has 0 amide bonds. The number of hydrogen-bond donors (Lipinski definition) is 1. The minimum atomic E-state index is -1.07. The highest BCUT2D eigenvalue weighted by Crippen LogP contribution is 2.25. The number of carboxylic acids is 1. The number of hydrogen-bond acceptors (Lipinski definition) is 4. The van der Waals surface area contributed by atoms with Crippen LogP contribution in [0.2, 0.25) is 0 Å². The maximum atomic E-state index is 13.2. The molecule has 4 aromatic rings. The molecule has 0 unspecified atom stereocenters. The first-order chi connectivity index (χ1) is 12.6. The number of nitrogens with zero attached hydrogens (tertiary/aromatic N) is 4. The lowest BCUT2D eigenvalue weighted by Crippen LogP contribution is -2.06. The smallest absolute Gasteiger partial charge is 0.336 e. The highest BCUT2D eigenvalue weighted by Gasteiger charge is 2.17. The van der Waals surface area contributed by atoms with Crippen LogP contribution in [0.1, 0.15) is 16.1 Å². The molecule has 0 aliphatic rings. The average molecular weight is 348 g/mol. The summed E-state index contributed by atoms with van der Waals surface area (Å²) < 4.78 is 14.8. The molecule has 0 fully saturated rings. The first kappa shape index (κ1) is 15.9. The van der Waals surface area contributed by atoms with Crippen molar-refractivity contribution in [1.82, 2.24) is 19.7 Å². The van der Waals surface area contributed by atoms with Crippen LogP contribution in [0, 0.1) is 5.82 Å². The summed E-state index contributed by atoms with van der Waals surface area (Å²) in [6, 6.07) is 12.8. The second kappa shape index (κ2) is 6.36. The summed E-state index contributed by atoms with van der Waals surface area (Å²) in [5.41, 5.74) is 2.39. The minimum Gasteiger partial charge on any atom is -0.478 e. The van der Waals surface area contributed by atoms with Gasteiger partial charge in [-0.25, -0.2) is 18.9 Å². The molecule has 7 heteroatoms. The van der Waals surface area contributed by atoms with Crippen molar-refractivity contribution in [2.75, 3.05) is 0 Å². The topological polar surface area (TPSA) is 80.9 Å². The summed E-state index contributed by atoms with van der Waals surface area (Å²) in [5.74, 6) is -1.44. The van der Waals surface area contributed by atoms with Crippen LogP contribution < -0.4 is 0 Å². The van der Waals surface area contributed by atoms with E-state index in [4.69, 9.17) is 0 Å². The van der Waals surface area contributed by atoms with E-state index in [1.54, 1.807) is 23.0 Å². The minimum absolute atomic E-state index is 0.0987. The summed E-state index contributed by atoms with van der Waals surface area (Å²) in [5, 5.41) is 14.3. The van der Waals surface area contributed by atoms with Crippen LogP contribution in [-0.2, 0) is 6.54 Å². The van der Waals surface area contributed by atoms with Crippen LogP contribution in [0.25, 0.3) is 22.3 Å². The highest BCUT2D eigenvalue weighted by atomic mass is 19.1. The van der Waals surface area contributed by atoms with E-state index in [0.717, 1.165) is 5.69 Å². The van der Waals surface area contributed by atoms with Crippen molar-refractivity contribution >= 4 is 17.0 Å². The normalized spacial score (nSPS) is 11.0. The number of aromatic nitrogens is 4. The number of pyridine rings is 2. The van der Waals surface area contributed by atoms with Crippen molar-refractivity contribution in [3.05, 3.63) is 78.0 Å². The lowest BCUT2D eigenvalue weighted by Gasteiger charge is -2.07. The van der Waals surface area contributed by atoms with Gasteiger partial charge < -0.3 is 5.11 Å². The molecule has 0 aliphatic heterocycles. The predicted molar refractivity (Wildman–Crippen MR) is 93.2 cm³/mol. The Morgan fingerprint density at radius 3 is 2.65 bits per heavy atom. The van der Waals surface area contributed by atoms with Crippen molar-refractivity contribution in [3.63, 3.8) is 0 Å². The molecule has 0 saturated carbocycles. The maximum absolute atomic E-state index is 13.2. The van der Waals surface area contributed by atoms with Crippen LogP contribution in [0.15, 0.2) is 60.9 Å². The van der Waals surface area contributed by atoms with Crippen LogP contribution in [0.3, 0.4) is 0 Å². The summed E-state index contributed by atoms with van der Waals surface area (Å²) in [7, 11) is 0. The molecule has 0 radical (unpaired) electrons. The van der Waals surface area contributed by atoms with Gasteiger partial charge in [-0.15, -0.1) is 0 Å². The molecule has 6 nitrogen and oxygen atoms in total. The third kappa shape index (κ3) is 2.90. The van der Waals surface area contributed by atoms with E-state index in [0.29, 0.717) is 28.8 Å². The Morgan fingerprint density at radius 2 is 1.96 bits per heavy atom.